The Kier molecular flexibility index (Phi) is 4.85. The minimum atomic E-state index is -0.905. The van der Waals surface area contributed by atoms with Gasteiger partial charge in [-0.1, -0.05) is 25.1 Å². The smallest absolute Gasteiger partial charge is 0.306 e. The van der Waals surface area contributed by atoms with Crippen LogP contribution in [0.4, 0.5) is 0 Å². The van der Waals surface area contributed by atoms with E-state index in [1.54, 1.807) is 4.90 Å². The minimum absolute atomic E-state index is 0.0106. The fourth-order valence-electron chi connectivity index (χ4n) is 3.25. The third-order valence-electron chi connectivity index (χ3n) is 4.50. The van der Waals surface area contributed by atoms with Crippen molar-refractivity contribution >= 4 is 22.8 Å². The number of hydrogen-bond acceptors (Lipinski definition) is 3. The molecule has 1 atom stereocenters. The van der Waals surface area contributed by atoms with Crippen molar-refractivity contribution in [2.75, 3.05) is 19.7 Å². The molecule has 1 saturated heterocycles. The van der Waals surface area contributed by atoms with Crippen LogP contribution >= 0.6 is 0 Å². The number of carbonyl (C=O) groups excluding carboxylic acids is 1. The number of H-pyrrole nitrogens is 1. The van der Waals surface area contributed by atoms with Crippen molar-refractivity contribution in [3.05, 3.63) is 35.5 Å². The molecule has 6 heteroatoms. The van der Waals surface area contributed by atoms with Gasteiger partial charge in [0, 0.05) is 30.2 Å². The van der Waals surface area contributed by atoms with Crippen molar-refractivity contribution in [3.8, 4) is 0 Å². The van der Waals surface area contributed by atoms with Gasteiger partial charge < -0.3 is 19.7 Å². The van der Waals surface area contributed by atoms with Crippen molar-refractivity contribution in [1.29, 1.82) is 0 Å². The number of ether oxygens (including phenoxy) is 1. The zero-order valence-corrected chi connectivity index (χ0v) is 13.7. The molecule has 1 aliphatic heterocycles. The highest BCUT2D eigenvalue weighted by molar-refractivity contribution is 5.90. The second-order valence-electron chi connectivity index (χ2n) is 6.11. The molecule has 128 valence electrons. The van der Waals surface area contributed by atoms with Crippen LogP contribution < -0.4 is 0 Å². The van der Waals surface area contributed by atoms with E-state index < -0.39 is 12.1 Å². The van der Waals surface area contributed by atoms with Gasteiger partial charge in [0.05, 0.1) is 25.6 Å². The third-order valence-corrected chi connectivity index (χ3v) is 4.50. The lowest BCUT2D eigenvalue weighted by atomic mass is 10.0. The van der Waals surface area contributed by atoms with E-state index >= 15 is 0 Å². The average molecular weight is 330 g/mol. The standard InChI is InChI=1S/C18H22N2O4/c1-2-12-4-3-5-15-13(10-19-18(12)15)8-16(21)20-6-7-24-14(11-20)9-17(22)23/h3-5,10,14,19H,2,6-9,11H2,1H3,(H,22,23). The number of aliphatic carboxylic acids is 1. The molecule has 1 aliphatic rings. The lowest BCUT2D eigenvalue weighted by molar-refractivity contribution is -0.147. The van der Waals surface area contributed by atoms with Crippen molar-refractivity contribution in [2.24, 2.45) is 0 Å². The number of para-hydroxylation sites is 1. The number of fused-ring (bicyclic) bond motifs is 1. The Hall–Kier alpha value is -2.34. The summed E-state index contributed by atoms with van der Waals surface area (Å²) in [4.78, 5) is 28.4. The van der Waals surface area contributed by atoms with Crippen molar-refractivity contribution in [3.63, 3.8) is 0 Å². The molecule has 2 aromatic rings. The Balaban J connectivity index is 1.72. The van der Waals surface area contributed by atoms with Gasteiger partial charge in [0.25, 0.3) is 0 Å². The molecule has 2 N–H and O–H groups in total. The van der Waals surface area contributed by atoms with Crippen LogP contribution in [-0.2, 0) is 27.2 Å². The van der Waals surface area contributed by atoms with Gasteiger partial charge in [0.15, 0.2) is 0 Å². The number of benzene rings is 1. The van der Waals surface area contributed by atoms with Crippen LogP contribution in [0.25, 0.3) is 10.9 Å². The number of aromatic nitrogens is 1. The molecule has 1 aromatic carbocycles. The first-order valence-corrected chi connectivity index (χ1v) is 8.27. The van der Waals surface area contributed by atoms with E-state index in [2.05, 4.69) is 18.0 Å². The van der Waals surface area contributed by atoms with E-state index in [9.17, 15) is 9.59 Å². The lowest BCUT2D eigenvalue weighted by Crippen LogP contribution is -2.46. The number of carbonyl (C=O) groups is 2. The van der Waals surface area contributed by atoms with Crippen LogP contribution in [0.5, 0.6) is 0 Å². The molecule has 1 amide bonds. The van der Waals surface area contributed by atoms with Gasteiger partial charge in [-0.25, -0.2) is 0 Å². The number of amides is 1. The summed E-state index contributed by atoms with van der Waals surface area (Å²) < 4.78 is 5.42. The maximum Gasteiger partial charge on any atom is 0.306 e. The van der Waals surface area contributed by atoms with Crippen LogP contribution in [0.2, 0.25) is 0 Å². The lowest BCUT2D eigenvalue weighted by Gasteiger charge is -2.32. The molecular formula is C18H22N2O4. The summed E-state index contributed by atoms with van der Waals surface area (Å²) in [5.74, 6) is -0.894. The number of aryl methyl sites for hydroxylation is 1. The molecule has 0 saturated carbocycles. The first kappa shape index (κ1) is 16.5. The fraction of sp³-hybridized carbons (Fsp3) is 0.444. The number of carboxylic acid groups (broad SMARTS) is 1. The van der Waals surface area contributed by atoms with Gasteiger partial charge in [0.1, 0.15) is 0 Å². The Morgan fingerprint density at radius 1 is 1.38 bits per heavy atom. The van der Waals surface area contributed by atoms with E-state index in [4.69, 9.17) is 9.84 Å². The van der Waals surface area contributed by atoms with Crippen LogP contribution in [0, 0.1) is 0 Å². The Labute approximate surface area is 140 Å². The fourth-order valence-corrected chi connectivity index (χ4v) is 3.25. The Bertz CT molecular complexity index is 753. The molecule has 1 aromatic heterocycles. The number of hydrogen-bond donors (Lipinski definition) is 2. The molecule has 6 nitrogen and oxygen atoms in total. The van der Waals surface area contributed by atoms with E-state index in [1.165, 1.54) is 5.56 Å². The third kappa shape index (κ3) is 3.43. The monoisotopic (exact) mass is 330 g/mol. The van der Waals surface area contributed by atoms with Gasteiger partial charge in [0.2, 0.25) is 5.91 Å². The first-order valence-electron chi connectivity index (χ1n) is 8.27. The van der Waals surface area contributed by atoms with Gasteiger partial charge in [-0.15, -0.1) is 0 Å². The highest BCUT2D eigenvalue weighted by Crippen LogP contribution is 2.23. The van der Waals surface area contributed by atoms with Gasteiger partial charge in [-0.05, 0) is 17.5 Å². The molecule has 0 spiro atoms. The molecule has 24 heavy (non-hydrogen) atoms. The second-order valence-corrected chi connectivity index (χ2v) is 6.11. The van der Waals surface area contributed by atoms with Crippen LogP contribution in [0.15, 0.2) is 24.4 Å². The molecule has 0 radical (unpaired) electrons. The van der Waals surface area contributed by atoms with Gasteiger partial charge >= 0.3 is 5.97 Å². The van der Waals surface area contributed by atoms with Crippen LogP contribution in [0.3, 0.4) is 0 Å². The van der Waals surface area contributed by atoms with E-state index in [0.717, 1.165) is 22.9 Å². The number of nitrogens with one attached hydrogen (secondary N) is 1. The number of morpholine rings is 1. The van der Waals surface area contributed by atoms with Crippen molar-refractivity contribution < 1.29 is 19.4 Å². The number of rotatable bonds is 5. The highest BCUT2D eigenvalue weighted by atomic mass is 16.5. The van der Waals surface area contributed by atoms with Crippen molar-refractivity contribution in [2.45, 2.75) is 32.3 Å². The Morgan fingerprint density at radius 3 is 2.96 bits per heavy atom. The summed E-state index contributed by atoms with van der Waals surface area (Å²) in [6.07, 6.45) is 2.65. The summed E-state index contributed by atoms with van der Waals surface area (Å²) >= 11 is 0. The summed E-state index contributed by atoms with van der Waals surface area (Å²) in [5.41, 5.74) is 3.30. The predicted molar refractivity (Wildman–Crippen MR) is 90.0 cm³/mol. The summed E-state index contributed by atoms with van der Waals surface area (Å²) in [7, 11) is 0. The normalized spacial score (nSPS) is 18.0. The summed E-state index contributed by atoms with van der Waals surface area (Å²) in [6, 6.07) is 6.13. The van der Waals surface area contributed by atoms with Gasteiger partial charge in [-0.2, -0.15) is 0 Å². The summed E-state index contributed by atoms with van der Waals surface area (Å²) in [6.45, 7) is 3.35. The highest BCUT2D eigenvalue weighted by Gasteiger charge is 2.26. The van der Waals surface area contributed by atoms with E-state index in [0.29, 0.717) is 26.1 Å². The quantitative estimate of drug-likeness (QED) is 0.878. The zero-order valence-electron chi connectivity index (χ0n) is 13.7. The maximum atomic E-state index is 12.6. The largest absolute Gasteiger partial charge is 0.481 e. The number of aromatic amines is 1. The van der Waals surface area contributed by atoms with E-state index in [1.807, 2.05) is 18.3 Å². The molecule has 1 fully saturated rings. The SMILES string of the molecule is CCc1cccc2c(CC(=O)N3CCOC(CC(=O)O)C3)c[nH]c12. The minimum Gasteiger partial charge on any atom is -0.481 e. The zero-order chi connectivity index (χ0) is 17.1. The van der Waals surface area contributed by atoms with Crippen LogP contribution in [-0.4, -0.2) is 52.7 Å². The average Bonchev–Trinajstić information content (AvgIpc) is 2.97. The molecule has 0 aliphatic carbocycles. The topological polar surface area (TPSA) is 82.6 Å². The maximum absolute atomic E-state index is 12.6. The number of nitrogens with zero attached hydrogens (tertiary/aromatic N) is 1. The molecular weight excluding hydrogens is 308 g/mol. The Morgan fingerprint density at radius 2 is 2.21 bits per heavy atom. The summed E-state index contributed by atoms with van der Waals surface area (Å²) in [5, 5.41) is 9.96. The molecule has 3 rings (SSSR count). The first-order chi connectivity index (χ1) is 11.6. The molecule has 2 heterocycles. The van der Waals surface area contributed by atoms with E-state index in [-0.39, 0.29) is 12.3 Å². The molecule has 1 unspecified atom stereocenters. The van der Waals surface area contributed by atoms with Gasteiger partial charge in [-0.3, -0.25) is 9.59 Å². The molecule has 0 bridgehead atoms. The second kappa shape index (κ2) is 7.05. The van der Waals surface area contributed by atoms with Crippen LogP contribution in [0.1, 0.15) is 24.5 Å². The number of carboxylic acids is 1. The predicted octanol–water partition coefficient (Wildman–Crippen LogP) is 1.97. The van der Waals surface area contributed by atoms with Crippen molar-refractivity contribution in [1.82, 2.24) is 9.88 Å².